The van der Waals surface area contributed by atoms with Crippen molar-refractivity contribution in [3.8, 4) is 0 Å². The van der Waals surface area contributed by atoms with Gasteiger partial charge in [0.2, 0.25) is 11.9 Å². The molecule has 0 radical (unpaired) electrons. The minimum absolute atomic E-state index is 0.171. The van der Waals surface area contributed by atoms with E-state index in [1.807, 2.05) is 24.3 Å². The number of nitrogens with one attached hydrogen (secondary N) is 3. The van der Waals surface area contributed by atoms with E-state index in [9.17, 15) is 18.0 Å². The van der Waals surface area contributed by atoms with Crippen molar-refractivity contribution < 1.29 is 18.0 Å². The first-order valence-electron chi connectivity index (χ1n) is 8.46. The molecular formula is C19H19F3N4O. The lowest BCUT2D eigenvalue weighted by Crippen LogP contribution is -2.20. The normalized spacial score (nSPS) is 12.7. The first-order valence-corrected chi connectivity index (χ1v) is 8.46. The minimum atomic E-state index is -4.43. The summed E-state index contributed by atoms with van der Waals surface area (Å²) >= 11 is 0. The number of nitrogens with zero attached hydrogens (tertiary/aromatic N) is 1. The summed E-state index contributed by atoms with van der Waals surface area (Å²) in [5, 5.41) is 5.65. The number of benzene rings is 2. The predicted molar refractivity (Wildman–Crippen MR) is 97.2 cm³/mol. The Morgan fingerprint density at radius 1 is 1.19 bits per heavy atom. The number of aromatic nitrogens is 2. The molecule has 1 heterocycles. The SMILES string of the molecule is CNC(=O)CCC(Nc1nc2ccccc2[nH]1)c1cccc(C(F)(F)F)c1. The van der Waals surface area contributed by atoms with Crippen LogP contribution in [-0.4, -0.2) is 22.9 Å². The number of halogens is 3. The van der Waals surface area contributed by atoms with E-state index < -0.39 is 17.8 Å². The molecule has 0 fully saturated rings. The maximum atomic E-state index is 13.1. The summed E-state index contributed by atoms with van der Waals surface area (Å²) in [7, 11) is 1.52. The molecule has 0 saturated heterocycles. The molecule has 1 unspecified atom stereocenters. The zero-order chi connectivity index (χ0) is 19.4. The van der Waals surface area contributed by atoms with Crippen LogP contribution in [0.2, 0.25) is 0 Å². The molecule has 0 spiro atoms. The van der Waals surface area contributed by atoms with Crippen molar-refractivity contribution in [1.82, 2.24) is 15.3 Å². The van der Waals surface area contributed by atoms with E-state index in [-0.39, 0.29) is 12.3 Å². The van der Waals surface area contributed by atoms with Crippen molar-refractivity contribution in [3.63, 3.8) is 0 Å². The molecule has 3 aromatic rings. The highest BCUT2D eigenvalue weighted by Gasteiger charge is 2.31. The second-order valence-electron chi connectivity index (χ2n) is 6.13. The number of aromatic amines is 1. The number of anilines is 1. The maximum absolute atomic E-state index is 13.1. The van der Waals surface area contributed by atoms with Crippen molar-refractivity contribution >= 4 is 22.9 Å². The molecule has 27 heavy (non-hydrogen) atoms. The lowest BCUT2D eigenvalue weighted by Gasteiger charge is -2.20. The molecule has 1 atom stereocenters. The summed E-state index contributed by atoms with van der Waals surface area (Å²) in [4.78, 5) is 19.1. The van der Waals surface area contributed by atoms with E-state index in [2.05, 4.69) is 20.6 Å². The van der Waals surface area contributed by atoms with Gasteiger partial charge in [0.25, 0.3) is 0 Å². The topological polar surface area (TPSA) is 69.8 Å². The van der Waals surface area contributed by atoms with Crippen molar-refractivity contribution in [2.24, 2.45) is 0 Å². The molecule has 0 aliphatic heterocycles. The molecule has 2 aromatic carbocycles. The number of imidazole rings is 1. The molecule has 0 bridgehead atoms. The van der Waals surface area contributed by atoms with Crippen molar-refractivity contribution in [2.45, 2.75) is 25.1 Å². The third-order valence-corrected chi connectivity index (χ3v) is 4.26. The average molecular weight is 376 g/mol. The predicted octanol–water partition coefficient (Wildman–Crippen LogP) is 4.26. The van der Waals surface area contributed by atoms with E-state index in [0.29, 0.717) is 17.9 Å². The van der Waals surface area contributed by atoms with Crippen LogP contribution in [0.3, 0.4) is 0 Å². The van der Waals surface area contributed by atoms with E-state index in [1.54, 1.807) is 6.07 Å². The van der Waals surface area contributed by atoms with Crippen LogP contribution in [0.25, 0.3) is 11.0 Å². The Balaban J connectivity index is 1.89. The second-order valence-corrected chi connectivity index (χ2v) is 6.13. The van der Waals surface area contributed by atoms with Crippen LogP contribution >= 0.6 is 0 Å². The Kier molecular flexibility index (Phi) is 5.34. The Labute approximate surface area is 154 Å². The van der Waals surface area contributed by atoms with Crippen molar-refractivity contribution in [1.29, 1.82) is 0 Å². The van der Waals surface area contributed by atoms with Crippen molar-refractivity contribution in [3.05, 3.63) is 59.7 Å². The first kappa shape index (κ1) is 18.8. The second kappa shape index (κ2) is 7.69. The van der Waals surface area contributed by atoms with Gasteiger partial charge in [-0.15, -0.1) is 0 Å². The Bertz CT molecular complexity index is 903. The van der Waals surface area contributed by atoms with Gasteiger partial charge in [0.1, 0.15) is 0 Å². The standard InChI is InChI=1S/C19H19F3N4O/c1-23-17(27)10-9-14(12-5-4-6-13(11-12)19(20,21)22)24-18-25-15-7-2-3-8-16(15)26-18/h2-8,11,14H,9-10H2,1H3,(H,23,27)(H2,24,25,26). The van der Waals surface area contributed by atoms with Gasteiger partial charge >= 0.3 is 6.18 Å². The smallest absolute Gasteiger partial charge is 0.359 e. The quantitative estimate of drug-likeness (QED) is 0.602. The van der Waals surface area contributed by atoms with Gasteiger partial charge in [0.05, 0.1) is 22.6 Å². The average Bonchev–Trinajstić information content (AvgIpc) is 3.06. The van der Waals surface area contributed by atoms with Crippen LogP contribution in [0.1, 0.15) is 30.0 Å². The molecule has 0 aliphatic rings. The van der Waals surface area contributed by atoms with E-state index >= 15 is 0 Å². The maximum Gasteiger partial charge on any atom is 0.416 e. The van der Waals surface area contributed by atoms with Gasteiger partial charge in [-0.2, -0.15) is 13.2 Å². The van der Waals surface area contributed by atoms with Gasteiger partial charge in [-0.25, -0.2) is 4.98 Å². The number of hydrogen-bond donors (Lipinski definition) is 3. The fraction of sp³-hybridized carbons (Fsp3) is 0.263. The highest BCUT2D eigenvalue weighted by molar-refractivity contribution is 5.77. The van der Waals surface area contributed by atoms with Crippen LogP contribution in [0.4, 0.5) is 19.1 Å². The highest BCUT2D eigenvalue weighted by Crippen LogP contribution is 2.32. The number of hydrogen-bond acceptors (Lipinski definition) is 3. The van der Waals surface area contributed by atoms with Crippen molar-refractivity contribution in [2.75, 3.05) is 12.4 Å². The summed E-state index contributed by atoms with van der Waals surface area (Å²) in [6.45, 7) is 0. The summed E-state index contributed by atoms with van der Waals surface area (Å²) < 4.78 is 39.2. The molecule has 1 aromatic heterocycles. The molecule has 142 valence electrons. The van der Waals surface area contributed by atoms with Gasteiger partial charge in [-0.1, -0.05) is 24.3 Å². The monoisotopic (exact) mass is 376 g/mol. The fourth-order valence-electron chi connectivity index (χ4n) is 2.84. The fourth-order valence-corrected chi connectivity index (χ4v) is 2.84. The summed E-state index contributed by atoms with van der Waals surface area (Å²) in [5.41, 5.74) is 1.27. The molecule has 1 amide bonds. The van der Waals surface area contributed by atoms with Crippen LogP contribution in [0.5, 0.6) is 0 Å². The van der Waals surface area contributed by atoms with Crippen LogP contribution in [-0.2, 0) is 11.0 Å². The summed E-state index contributed by atoms with van der Waals surface area (Å²) in [6.07, 6.45) is -3.94. The lowest BCUT2D eigenvalue weighted by atomic mass is 9.99. The molecule has 8 heteroatoms. The first-order chi connectivity index (χ1) is 12.9. The number of amides is 1. The minimum Gasteiger partial charge on any atom is -0.359 e. The zero-order valence-corrected chi connectivity index (χ0v) is 14.6. The molecule has 0 saturated carbocycles. The summed E-state index contributed by atoms with van der Waals surface area (Å²) in [6, 6.07) is 12.0. The van der Waals surface area contributed by atoms with E-state index in [0.717, 1.165) is 23.2 Å². The highest BCUT2D eigenvalue weighted by atomic mass is 19.4. The lowest BCUT2D eigenvalue weighted by molar-refractivity contribution is -0.137. The van der Waals surface area contributed by atoms with Crippen LogP contribution < -0.4 is 10.6 Å². The number of carbonyl (C=O) groups excluding carboxylic acids is 1. The van der Waals surface area contributed by atoms with Gasteiger partial charge in [0, 0.05) is 13.5 Å². The number of carbonyl (C=O) groups is 1. The zero-order valence-electron chi connectivity index (χ0n) is 14.6. The van der Waals surface area contributed by atoms with E-state index in [4.69, 9.17) is 0 Å². The largest absolute Gasteiger partial charge is 0.416 e. The Morgan fingerprint density at radius 2 is 1.96 bits per heavy atom. The number of fused-ring (bicyclic) bond motifs is 1. The van der Waals surface area contributed by atoms with E-state index in [1.165, 1.54) is 13.1 Å². The number of alkyl halides is 3. The Hall–Kier alpha value is -3.03. The third-order valence-electron chi connectivity index (χ3n) is 4.26. The molecule has 3 N–H and O–H groups in total. The molecule has 3 rings (SSSR count). The Morgan fingerprint density at radius 3 is 2.67 bits per heavy atom. The molecule has 5 nitrogen and oxygen atoms in total. The van der Waals surface area contributed by atoms with Crippen LogP contribution in [0, 0.1) is 0 Å². The molecular weight excluding hydrogens is 357 g/mol. The number of para-hydroxylation sites is 2. The number of rotatable bonds is 6. The van der Waals surface area contributed by atoms with Crippen LogP contribution in [0.15, 0.2) is 48.5 Å². The number of H-pyrrole nitrogens is 1. The third kappa shape index (κ3) is 4.58. The van der Waals surface area contributed by atoms with Gasteiger partial charge in [0.15, 0.2) is 0 Å². The van der Waals surface area contributed by atoms with Gasteiger partial charge in [-0.05, 0) is 36.2 Å². The van der Waals surface area contributed by atoms with Gasteiger partial charge in [-0.3, -0.25) is 4.79 Å². The van der Waals surface area contributed by atoms with Gasteiger partial charge < -0.3 is 15.6 Å². The molecule has 0 aliphatic carbocycles. The summed E-state index contributed by atoms with van der Waals surface area (Å²) in [5.74, 6) is 0.258.